The highest BCUT2D eigenvalue weighted by Gasteiger charge is 2.00. The molecular weight excluding hydrogens is 236 g/mol. The van der Waals surface area contributed by atoms with Crippen molar-refractivity contribution in [1.29, 1.82) is 0 Å². The first-order chi connectivity index (χ1) is 9.15. The molecule has 2 aromatic rings. The van der Waals surface area contributed by atoms with Gasteiger partial charge in [-0.15, -0.1) is 0 Å². The van der Waals surface area contributed by atoms with Crippen molar-refractivity contribution in [3.8, 4) is 0 Å². The van der Waals surface area contributed by atoms with Crippen molar-refractivity contribution in [3.05, 3.63) is 48.3 Å². The highest BCUT2D eigenvalue weighted by Crippen LogP contribution is 2.24. The number of azo groups is 1. The largest absolute Gasteiger partial charge is 0.383 e. The predicted octanol–water partition coefficient (Wildman–Crippen LogP) is 4.63. The van der Waals surface area contributed by atoms with E-state index in [1.807, 2.05) is 31.2 Å². The van der Waals surface area contributed by atoms with Crippen LogP contribution in [0.5, 0.6) is 0 Å². The van der Waals surface area contributed by atoms with Crippen LogP contribution in [0.2, 0.25) is 0 Å². The Bertz CT molecular complexity index is 562. The van der Waals surface area contributed by atoms with Gasteiger partial charge < -0.3 is 5.32 Å². The maximum Gasteiger partial charge on any atom is 0.0887 e. The summed E-state index contributed by atoms with van der Waals surface area (Å²) in [5.74, 6) is 0. The van der Waals surface area contributed by atoms with Crippen molar-refractivity contribution in [2.75, 3.05) is 5.32 Å². The standard InChI is InChI=1S/C15H18N4/c1-11(2)17-14-4-5-15(12(3)10-14)19-18-13-6-8-16-9-7-13/h4-11,17H,1-3H3/b19-18+. The Morgan fingerprint density at radius 2 is 1.79 bits per heavy atom. The van der Waals surface area contributed by atoms with Crippen LogP contribution in [0.3, 0.4) is 0 Å². The fraction of sp³-hybridized carbons (Fsp3) is 0.267. The molecule has 0 fully saturated rings. The van der Waals surface area contributed by atoms with Gasteiger partial charge >= 0.3 is 0 Å². The van der Waals surface area contributed by atoms with Gasteiger partial charge in [0.1, 0.15) is 0 Å². The Kier molecular flexibility index (Phi) is 4.23. The topological polar surface area (TPSA) is 49.6 Å². The first kappa shape index (κ1) is 13.2. The van der Waals surface area contributed by atoms with Crippen molar-refractivity contribution in [2.45, 2.75) is 26.8 Å². The zero-order valence-electron chi connectivity index (χ0n) is 11.5. The fourth-order valence-electron chi connectivity index (χ4n) is 1.71. The average molecular weight is 254 g/mol. The third-order valence-corrected chi connectivity index (χ3v) is 2.59. The summed E-state index contributed by atoms with van der Waals surface area (Å²) < 4.78 is 0. The van der Waals surface area contributed by atoms with Gasteiger partial charge in [-0.1, -0.05) is 0 Å². The first-order valence-electron chi connectivity index (χ1n) is 6.34. The van der Waals surface area contributed by atoms with E-state index in [9.17, 15) is 0 Å². The number of anilines is 1. The Morgan fingerprint density at radius 1 is 1.05 bits per heavy atom. The summed E-state index contributed by atoms with van der Waals surface area (Å²) in [5.41, 5.74) is 3.89. The van der Waals surface area contributed by atoms with Crippen molar-refractivity contribution in [3.63, 3.8) is 0 Å². The summed E-state index contributed by atoms with van der Waals surface area (Å²) in [7, 11) is 0. The molecule has 0 radical (unpaired) electrons. The summed E-state index contributed by atoms with van der Waals surface area (Å²) in [6.45, 7) is 6.27. The van der Waals surface area contributed by atoms with E-state index < -0.39 is 0 Å². The maximum absolute atomic E-state index is 4.27. The highest BCUT2D eigenvalue weighted by molar-refractivity contribution is 5.56. The molecule has 0 aliphatic heterocycles. The van der Waals surface area contributed by atoms with Crippen molar-refractivity contribution in [1.82, 2.24) is 4.98 Å². The minimum Gasteiger partial charge on any atom is -0.383 e. The Morgan fingerprint density at radius 3 is 2.42 bits per heavy atom. The summed E-state index contributed by atoms with van der Waals surface area (Å²) in [4.78, 5) is 3.95. The molecule has 98 valence electrons. The first-order valence-corrected chi connectivity index (χ1v) is 6.34. The zero-order valence-corrected chi connectivity index (χ0v) is 11.5. The van der Waals surface area contributed by atoms with Gasteiger partial charge in [-0.2, -0.15) is 10.2 Å². The van der Waals surface area contributed by atoms with E-state index in [0.29, 0.717) is 6.04 Å². The number of benzene rings is 1. The Hall–Kier alpha value is -2.23. The van der Waals surface area contributed by atoms with E-state index in [0.717, 1.165) is 22.6 Å². The lowest BCUT2D eigenvalue weighted by Gasteiger charge is -2.11. The normalized spacial score (nSPS) is 11.2. The van der Waals surface area contributed by atoms with E-state index in [4.69, 9.17) is 0 Å². The lowest BCUT2D eigenvalue weighted by Crippen LogP contribution is -2.09. The minimum absolute atomic E-state index is 0.420. The van der Waals surface area contributed by atoms with E-state index in [-0.39, 0.29) is 0 Å². The van der Waals surface area contributed by atoms with Crippen LogP contribution < -0.4 is 5.32 Å². The number of pyridine rings is 1. The molecule has 0 unspecified atom stereocenters. The SMILES string of the molecule is Cc1cc(NC(C)C)ccc1/N=N/c1ccncc1. The van der Waals surface area contributed by atoms with Crippen molar-refractivity contribution in [2.24, 2.45) is 10.2 Å². The van der Waals surface area contributed by atoms with Gasteiger partial charge in [0, 0.05) is 24.1 Å². The van der Waals surface area contributed by atoms with E-state index >= 15 is 0 Å². The molecule has 1 heterocycles. The molecule has 0 bridgehead atoms. The highest BCUT2D eigenvalue weighted by atomic mass is 15.1. The van der Waals surface area contributed by atoms with Crippen LogP contribution >= 0.6 is 0 Å². The molecule has 1 aromatic carbocycles. The lowest BCUT2D eigenvalue weighted by molar-refractivity contribution is 0.899. The molecule has 0 saturated carbocycles. The van der Waals surface area contributed by atoms with Crippen LogP contribution in [0, 0.1) is 6.92 Å². The average Bonchev–Trinajstić information content (AvgIpc) is 2.38. The van der Waals surface area contributed by atoms with Crippen LogP contribution in [-0.4, -0.2) is 11.0 Å². The number of rotatable bonds is 4. The van der Waals surface area contributed by atoms with Gasteiger partial charge in [0.25, 0.3) is 0 Å². The number of hydrogen-bond acceptors (Lipinski definition) is 4. The van der Waals surface area contributed by atoms with Gasteiger partial charge in [0.2, 0.25) is 0 Å². The van der Waals surface area contributed by atoms with Gasteiger partial charge in [0.15, 0.2) is 0 Å². The van der Waals surface area contributed by atoms with E-state index in [2.05, 4.69) is 40.4 Å². The molecule has 0 amide bonds. The molecule has 0 saturated heterocycles. The lowest BCUT2D eigenvalue weighted by atomic mass is 10.2. The third-order valence-electron chi connectivity index (χ3n) is 2.59. The molecule has 4 nitrogen and oxygen atoms in total. The summed E-state index contributed by atoms with van der Waals surface area (Å²) in [6, 6.07) is 10.2. The van der Waals surface area contributed by atoms with E-state index in [1.165, 1.54) is 0 Å². The van der Waals surface area contributed by atoms with Crippen LogP contribution in [-0.2, 0) is 0 Å². The Balaban J connectivity index is 2.15. The van der Waals surface area contributed by atoms with Gasteiger partial charge in [-0.05, 0) is 56.7 Å². The second kappa shape index (κ2) is 6.09. The van der Waals surface area contributed by atoms with Crippen LogP contribution in [0.25, 0.3) is 0 Å². The molecule has 0 aliphatic carbocycles. The van der Waals surface area contributed by atoms with Crippen molar-refractivity contribution >= 4 is 17.1 Å². The van der Waals surface area contributed by atoms with Gasteiger partial charge in [-0.25, -0.2) is 0 Å². The van der Waals surface area contributed by atoms with Crippen LogP contribution in [0.15, 0.2) is 53.0 Å². The second-order valence-corrected chi connectivity index (χ2v) is 4.71. The Labute approximate surface area is 113 Å². The van der Waals surface area contributed by atoms with E-state index in [1.54, 1.807) is 12.4 Å². The fourth-order valence-corrected chi connectivity index (χ4v) is 1.71. The molecule has 1 aromatic heterocycles. The molecule has 4 heteroatoms. The second-order valence-electron chi connectivity index (χ2n) is 4.71. The predicted molar refractivity (Wildman–Crippen MR) is 78.4 cm³/mol. The number of aromatic nitrogens is 1. The molecule has 0 spiro atoms. The minimum atomic E-state index is 0.420. The molecule has 0 atom stereocenters. The monoisotopic (exact) mass is 254 g/mol. The molecule has 1 N–H and O–H groups in total. The summed E-state index contributed by atoms with van der Waals surface area (Å²) in [5, 5.41) is 11.8. The van der Waals surface area contributed by atoms with Gasteiger partial charge in [0.05, 0.1) is 11.4 Å². The number of hydrogen-bond donors (Lipinski definition) is 1. The molecule has 19 heavy (non-hydrogen) atoms. The summed E-state index contributed by atoms with van der Waals surface area (Å²) >= 11 is 0. The number of nitrogens with one attached hydrogen (secondary N) is 1. The molecule has 2 rings (SSSR count). The quantitative estimate of drug-likeness (QED) is 0.809. The zero-order chi connectivity index (χ0) is 13.7. The molecular formula is C15H18N4. The van der Waals surface area contributed by atoms with Crippen molar-refractivity contribution < 1.29 is 0 Å². The van der Waals surface area contributed by atoms with Crippen LogP contribution in [0.4, 0.5) is 17.1 Å². The number of nitrogens with zero attached hydrogens (tertiary/aromatic N) is 3. The number of aryl methyl sites for hydroxylation is 1. The van der Waals surface area contributed by atoms with Crippen LogP contribution in [0.1, 0.15) is 19.4 Å². The molecule has 0 aliphatic rings. The summed E-state index contributed by atoms with van der Waals surface area (Å²) in [6.07, 6.45) is 3.41. The third kappa shape index (κ3) is 3.88. The maximum atomic E-state index is 4.27. The smallest absolute Gasteiger partial charge is 0.0887 e. The van der Waals surface area contributed by atoms with Gasteiger partial charge in [-0.3, -0.25) is 4.98 Å².